The highest BCUT2D eigenvalue weighted by Crippen LogP contribution is 2.33. The molecule has 5 nitrogen and oxygen atoms in total. The van der Waals surface area contributed by atoms with E-state index in [1.807, 2.05) is 16.8 Å². The van der Waals surface area contributed by atoms with Crippen LogP contribution in [0.2, 0.25) is 0 Å². The normalized spacial score (nSPS) is 21.0. The predicted molar refractivity (Wildman–Crippen MR) is 95.3 cm³/mol. The van der Waals surface area contributed by atoms with Gasteiger partial charge in [-0.3, -0.25) is 4.79 Å². The van der Waals surface area contributed by atoms with Crippen LogP contribution in [0.4, 0.5) is 5.82 Å². The molecule has 1 atom stereocenters. The number of nitrogens with zero attached hydrogens (tertiary/aromatic N) is 3. The van der Waals surface area contributed by atoms with Crippen LogP contribution in [0.25, 0.3) is 0 Å². The second-order valence-electron chi connectivity index (χ2n) is 6.85. The van der Waals surface area contributed by atoms with Crippen molar-refractivity contribution in [1.29, 1.82) is 0 Å². The lowest BCUT2D eigenvalue weighted by molar-refractivity contribution is 0.418. The zero-order valence-corrected chi connectivity index (χ0v) is 13.9. The third kappa shape index (κ3) is 3.36. The van der Waals surface area contributed by atoms with Crippen LogP contribution in [-0.4, -0.2) is 28.7 Å². The van der Waals surface area contributed by atoms with Gasteiger partial charge in [-0.25, -0.2) is 4.98 Å². The van der Waals surface area contributed by atoms with Gasteiger partial charge in [0.25, 0.3) is 5.56 Å². The summed E-state index contributed by atoms with van der Waals surface area (Å²) < 4.78 is 1.86. The van der Waals surface area contributed by atoms with Gasteiger partial charge in [-0.1, -0.05) is 30.3 Å². The van der Waals surface area contributed by atoms with E-state index >= 15 is 0 Å². The SMILES string of the molecule is O=c1c(N2CCC[C@@H](NCc3ccccc3)C2)nccn1C1CC1. The Morgan fingerprint density at radius 2 is 2.00 bits per heavy atom. The van der Waals surface area contributed by atoms with Gasteiger partial charge in [-0.05, 0) is 31.2 Å². The first kappa shape index (κ1) is 15.4. The molecule has 0 unspecified atom stereocenters. The summed E-state index contributed by atoms with van der Waals surface area (Å²) in [5.74, 6) is 0.621. The number of aromatic nitrogens is 2. The van der Waals surface area contributed by atoms with E-state index in [0.29, 0.717) is 17.9 Å². The first-order valence-corrected chi connectivity index (χ1v) is 8.90. The van der Waals surface area contributed by atoms with Crippen LogP contribution < -0.4 is 15.8 Å². The molecule has 0 radical (unpaired) electrons. The molecule has 0 amide bonds. The lowest BCUT2D eigenvalue weighted by Gasteiger charge is -2.33. The summed E-state index contributed by atoms with van der Waals surface area (Å²) in [5.41, 5.74) is 1.37. The maximum Gasteiger partial charge on any atom is 0.293 e. The third-order valence-electron chi connectivity index (χ3n) is 4.95. The minimum atomic E-state index is 0.0729. The fourth-order valence-electron chi connectivity index (χ4n) is 3.47. The van der Waals surface area contributed by atoms with Gasteiger partial charge in [0.2, 0.25) is 0 Å². The number of benzene rings is 1. The van der Waals surface area contributed by atoms with Crippen molar-refractivity contribution >= 4 is 5.82 Å². The Morgan fingerprint density at radius 1 is 1.17 bits per heavy atom. The van der Waals surface area contributed by atoms with Gasteiger partial charge in [0, 0.05) is 44.1 Å². The molecule has 126 valence electrons. The average molecular weight is 324 g/mol. The van der Waals surface area contributed by atoms with E-state index < -0.39 is 0 Å². The molecule has 5 heteroatoms. The zero-order valence-electron chi connectivity index (χ0n) is 13.9. The molecule has 24 heavy (non-hydrogen) atoms. The van der Waals surface area contributed by atoms with Crippen molar-refractivity contribution in [2.75, 3.05) is 18.0 Å². The molecule has 1 aromatic heterocycles. The Labute approximate surface area is 142 Å². The summed E-state index contributed by atoms with van der Waals surface area (Å²) in [6.45, 7) is 2.64. The highest BCUT2D eigenvalue weighted by atomic mass is 16.1. The fourth-order valence-corrected chi connectivity index (χ4v) is 3.47. The highest BCUT2D eigenvalue weighted by molar-refractivity contribution is 5.37. The molecule has 1 saturated carbocycles. The van der Waals surface area contributed by atoms with Gasteiger partial charge in [-0.2, -0.15) is 0 Å². The number of nitrogens with one attached hydrogen (secondary N) is 1. The lowest BCUT2D eigenvalue weighted by Crippen LogP contribution is -2.47. The van der Waals surface area contributed by atoms with Crippen molar-refractivity contribution in [2.45, 2.75) is 44.3 Å². The summed E-state index contributed by atoms with van der Waals surface area (Å²) in [5, 5.41) is 3.63. The van der Waals surface area contributed by atoms with E-state index in [2.05, 4.69) is 39.5 Å². The van der Waals surface area contributed by atoms with E-state index in [4.69, 9.17) is 0 Å². The molecule has 0 spiro atoms. The Hall–Kier alpha value is -2.14. The molecular weight excluding hydrogens is 300 g/mol. The quantitative estimate of drug-likeness (QED) is 0.917. The minimum absolute atomic E-state index is 0.0729. The molecule has 2 aliphatic rings. The lowest BCUT2D eigenvalue weighted by atomic mass is 10.1. The van der Waals surface area contributed by atoms with E-state index in [1.54, 1.807) is 6.20 Å². The van der Waals surface area contributed by atoms with E-state index in [-0.39, 0.29) is 5.56 Å². The summed E-state index contributed by atoms with van der Waals surface area (Å²) in [6, 6.07) is 11.3. The average Bonchev–Trinajstić information content (AvgIpc) is 3.46. The van der Waals surface area contributed by atoms with Crippen molar-refractivity contribution < 1.29 is 0 Å². The van der Waals surface area contributed by atoms with Crippen molar-refractivity contribution in [3.05, 3.63) is 58.6 Å². The molecule has 1 aliphatic heterocycles. The second-order valence-corrected chi connectivity index (χ2v) is 6.85. The zero-order chi connectivity index (χ0) is 16.4. The predicted octanol–water partition coefficient (Wildman–Crippen LogP) is 2.34. The molecule has 1 aliphatic carbocycles. The molecular formula is C19H24N4O. The van der Waals surface area contributed by atoms with Gasteiger partial charge in [-0.15, -0.1) is 0 Å². The van der Waals surface area contributed by atoms with Crippen LogP contribution in [0.15, 0.2) is 47.5 Å². The highest BCUT2D eigenvalue weighted by Gasteiger charge is 2.28. The fraction of sp³-hybridized carbons (Fsp3) is 0.474. The number of hydrogen-bond donors (Lipinski definition) is 1. The Morgan fingerprint density at radius 3 is 2.79 bits per heavy atom. The van der Waals surface area contributed by atoms with Crippen molar-refractivity contribution in [3.8, 4) is 0 Å². The summed E-state index contributed by atoms with van der Waals surface area (Å²) in [7, 11) is 0. The third-order valence-corrected chi connectivity index (χ3v) is 4.95. The Bertz CT molecular complexity index is 739. The van der Waals surface area contributed by atoms with Crippen LogP contribution in [-0.2, 0) is 6.54 Å². The van der Waals surface area contributed by atoms with E-state index in [0.717, 1.165) is 45.3 Å². The van der Waals surface area contributed by atoms with Crippen LogP contribution >= 0.6 is 0 Å². The van der Waals surface area contributed by atoms with Gasteiger partial charge in [0.1, 0.15) is 0 Å². The number of hydrogen-bond acceptors (Lipinski definition) is 4. The van der Waals surface area contributed by atoms with Gasteiger partial charge in [0.15, 0.2) is 5.82 Å². The maximum absolute atomic E-state index is 12.7. The molecule has 2 aromatic rings. The Kier molecular flexibility index (Phi) is 4.34. The summed E-state index contributed by atoms with van der Waals surface area (Å²) in [4.78, 5) is 19.2. The molecule has 1 aromatic carbocycles. The molecule has 4 rings (SSSR count). The Balaban J connectivity index is 1.43. The van der Waals surface area contributed by atoms with Gasteiger partial charge < -0.3 is 14.8 Å². The first-order chi connectivity index (χ1) is 11.8. The number of piperidine rings is 1. The largest absolute Gasteiger partial charge is 0.350 e. The first-order valence-electron chi connectivity index (χ1n) is 8.90. The molecule has 0 bridgehead atoms. The smallest absolute Gasteiger partial charge is 0.293 e. The molecule has 2 fully saturated rings. The standard InChI is InChI=1S/C19H24N4O/c24-19-18(20-10-12-23(19)17-8-9-17)22-11-4-7-16(14-22)21-13-15-5-2-1-3-6-15/h1-3,5-6,10,12,16-17,21H,4,7-9,11,13-14H2/t16-/m1/s1. The number of anilines is 1. The van der Waals surface area contributed by atoms with Crippen molar-refractivity contribution in [3.63, 3.8) is 0 Å². The van der Waals surface area contributed by atoms with E-state index in [9.17, 15) is 4.79 Å². The number of rotatable bonds is 5. The molecule has 1 saturated heterocycles. The van der Waals surface area contributed by atoms with Gasteiger partial charge in [0.05, 0.1) is 0 Å². The summed E-state index contributed by atoms with van der Waals surface area (Å²) >= 11 is 0. The van der Waals surface area contributed by atoms with Crippen LogP contribution in [0.3, 0.4) is 0 Å². The molecule has 2 heterocycles. The molecule has 1 N–H and O–H groups in total. The summed E-state index contributed by atoms with van der Waals surface area (Å²) in [6.07, 6.45) is 8.07. The van der Waals surface area contributed by atoms with Crippen LogP contribution in [0.5, 0.6) is 0 Å². The topological polar surface area (TPSA) is 50.2 Å². The monoisotopic (exact) mass is 324 g/mol. The van der Waals surface area contributed by atoms with Crippen LogP contribution in [0, 0.1) is 0 Å². The van der Waals surface area contributed by atoms with Crippen LogP contribution in [0.1, 0.15) is 37.3 Å². The van der Waals surface area contributed by atoms with Gasteiger partial charge >= 0.3 is 0 Å². The maximum atomic E-state index is 12.7. The van der Waals surface area contributed by atoms with Crippen molar-refractivity contribution in [2.24, 2.45) is 0 Å². The van der Waals surface area contributed by atoms with E-state index in [1.165, 1.54) is 5.56 Å². The van der Waals surface area contributed by atoms with Crippen molar-refractivity contribution in [1.82, 2.24) is 14.9 Å². The second kappa shape index (κ2) is 6.77. The minimum Gasteiger partial charge on any atom is -0.350 e.